The molecule has 0 aliphatic heterocycles. The number of ether oxygens (including phenoxy) is 4. The van der Waals surface area contributed by atoms with Crippen LogP contribution in [0.1, 0.15) is 351 Å². The van der Waals surface area contributed by atoms with Gasteiger partial charge in [0, 0.05) is 25.7 Å². The van der Waals surface area contributed by atoms with Gasteiger partial charge in [-0.25, -0.2) is 9.13 Å². The molecule has 7 atom stereocenters. The van der Waals surface area contributed by atoms with Gasteiger partial charge in [0.05, 0.1) is 26.4 Å². The predicted molar refractivity (Wildman–Crippen MR) is 363 cm³/mol. The molecule has 17 nitrogen and oxygen atoms in total. The summed E-state index contributed by atoms with van der Waals surface area (Å²) in [5, 5.41) is 10.6. The molecule has 0 saturated heterocycles. The van der Waals surface area contributed by atoms with E-state index >= 15 is 0 Å². The van der Waals surface area contributed by atoms with Crippen molar-refractivity contribution in [2.45, 2.75) is 369 Å². The second kappa shape index (κ2) is 60.7. The summed E-state index contributed by atoms with van der Waals surface area (Å²) in [6.07, 6.45) is 43.2. The Morgan fingerprint density at radius 3 is 0.789 bits per heavy atom. The molecule has 0 rings (SSSR count). The van der Waals surface area contributed by atoms with Gasteiger partial charge in [0.25, 0.3) is 0 Å². The average molecular weight is 1330 g/mol. The standard InChI is InChI=1S/C71H138O17P2/c1-9-63(7)49-41-33-24-20-15-13-11-12-14-16-21-25-37-45-53-70(75)87-66(57-81-68(73)51-43-35-29-27-32-40-48-62(5)6)59-85-89(77,78)83-55-65(72)56-84-90(79,80)86-60-67(58-82-69(74)52-44-36-30-28-34-42-50-64(8)10-2)88-71(76)54-46-38-26-22-18-17-19-23-31-39-47-61(3)4/h61-67,72H,9-60H2,1-8H3,(H,77,78)(H,79,80)/t63?,64?,65-,66+,67+/m0/s1. The van der Waals surface area contributed by atoms with Crippen LogP contribution in [-0.4, -0.2) is 96.7 Å². The molecule has 0 heterocycles. The lowest BCUT2D eigenvalue weighted by atomic mass is 9.99. The maximum Gasteiger partial charge on any atom is 0.472 e. The smallest absolute Gasteiger partial charge is 0.462 e. The molecule has 4 unspecified atom stereocenters. The number of carbonyl (C=O) groups excluding carboxylic acids is 4. The Morgan fingerprint density at radius 2 is 0.533 bits per heavy atom. The quantitative estimate of drug-likeness (QED) is 0.0222. The third-order valence-electron chi connectivity index (χ3n) is 17.0. The molecular weight excluding hydrogens is 1190 g/mol. The number of phosphoric acid groups is 2. The van der Waals surface area contributed by atoms with Crippen LogP contribution in [0.4, 0.5) is 0 Å². The normalized spacial score (nSPS) is 14.9. The van der Waals surface area contributed by atoms with Gasteiger partial charge in [-0.05, 0) is 49.4 Å². The van der Waals surface area contributed by atoms with Crippen LogP contribution in [0.25, 0.3) is 0 Å². The van der Waals surface area contributed by atoms with Crippen molar-refractivity contribution >= 4 is 39.5 Å². The van der Waals surface area contributed by atoms with Crippen molar-refractivity contribution < 1.29 is 80.2 Å². The number of aliphatic hydroxyl groups is 1. The van der Waals surface area contributed by atoms with Crippen molar-refractivity contribution in [1.29, 1.82) is 0 Å². The molecule has 0 fully saturated rings. The van der Waals surface area contributed by atoms with Gasteiger partial charge in [-0.15, -0.1) is 0 Å². The highest BCUT2D eigenvalue weighted by Crippen LogP contribution is 2.45. The molecule has 0 aromatic heterocycles. The highest BCUT2D eigenvalue weighted by atomic mass is 31.2. The number of phosphoric ester groups is 2. The minimum atomic E-state index is -4.95. The fourth-order valence-corrected chi connectivity index (χ4v) is 12.2. The molecule has 0 bridgehead atoms. The van der Waals surface area contributed by atoms with Crippen LogP contribution < -0.4 is 0 Å². The Hall–Kier alpha value is -1.94. The molecule has 0 aliphatic carbocycles. The van der Waals surface area contributed by atoms with E-state index < -0.39 is 97.5 Å². The summed E-state index contributed by atoms with van der Waals surface area (Å²) in [5.74, 6) is 0.877. The van der Waals surface area contributed by atoms with E-state index in [1.807, 2.05) is 0 Å². The molecule has 0 radical (unpaired) electrons. The lowest BCUT2D eigenvalue weighted by Crippen LogP contribution is -2.30. The van der Waals surface area contributed by atoms with E-state index in [1.54, 1.807) is 0 Å². The highest BCUT2D eigenvalue weighted by molar-refractivity contribution is 7.47. The van der Waals surface area contributed by atoms with Gasteiger partial charge in [0.1, 0.15) is 19.3 Å². The lowest BCUT2D eigenvalue weighted by Gasteiger charge is -2.21. The summed E-state index contributed by atoms with van der Waals surface area (Å²) in [4.78, 5) is 72.5. The van der Waals surface area contributed by atoms with Crippen LogP contribution in [0, 0.1) is 23.7 Å². The number of carbonyl (C=O) groups is 4. The van der Waals surface area contributed by atoms with Gasteiger partial charge in [0.2, 0.25) is 0 Å². The zero-order valence-corrected chi connectivity index (χ0v) is 60.6. The topological polar surface area (TPSA) is 237 Å². The fourth-order valence-electron chi connectivity index (χ4n) is 10.6. The number of rotatable bonds is 68. The monoisotopic (exact) mass is 1320 g/mol. The van der Waals surface area contributed by atoms with Crippen molar-refractivity contribution in [2.24, 2.45) is 23.7 Å². The predicted octanol–water partition coefficient (Wildman–Crippen LogP) is 20.1. The van der Waals surface area contributed by atoms with E-state index in [-0.39, 0.29) is 25.7 Å². The van der Waals surface area contributed by atoms with Gasteiger partial charge in [-0.1, -0.05) is 299 Å². The zero-order valence-electron chi connectivity index (χ0n) is 58.8. The first-order valence-electron chi connectivity index (χ1n) is 36.8. The summed E-state index contributed by atoms with van der Waals surface area (Å²) in [6, 6.07) is 0. The van der Waals surface area contributed by atoms with Gasteiger partial charge in [-0.3, -0.25) is 37.3 Å². The van der Waals surface area contributed by atoms with E-state index in [1.165, 1.54) is 141 Å². The van der Waals surface area contributed by atoms with Crippen LogP contribution in [0.15, 0.2) is 0 Å². The number of unbranched alkanes of at least 4 members (excludes halogenated alkanes) is 32. The fraction of sp³-hybridized carbons (Fsp3) is 0.944. The second-order valence-corrected chi connectivity index (χ2v) is 30.0. The summed E-state index contributed by atoms with van der Waals surface area (Å²) in [7, 11) is -9.90. The summed E-state index contributed by atoms with van der Waals surface area (Å²) in [6.45, 7) is 14.1. The SMILES string of the molecule is CCC(C)CCCCCCCCCCCCCCCCC(=O)O[C@H](COC(=O)CCCCCCCCC(C)C)COP(=O)(O)OC[C@H](O)COP(=O)(O)OC[C@@H](COC(=O)CCCCCCCCC(C)CC)OC(=O)CCCCCCCCCCCCC(C)C. The number of hydrogen-bond acceptors (Lipinski definition) is 15. The summed E-state index contributed by atoms with van der Waals surface area (Å²) < 4.78 is 68.3. The first kappa shape index (κ1) is 88.1. The van der Waals surface area contributed by atoms with E-state index in [2.05, 4.69) is 55.4 Å². The Kier molecular flexibility index (Phi) is 59.4. The van der Waals surface area contributed by atoms with Crippen LogP contribution in [-0.2, 0) is 65.4 Å². The number of hydrogen-bond donors (Lipinski definition) is 3. The van der Waals surface area contributed by atoms with Crippen LogP contribution in [0.2, 0.25) is 0 Å². The zero-order chi connectivity index (χ0) is 66.8. The van der Waals surface area contributed by atoms with Gasteiger partial charge in [-0.2, -0.15) is 0 Å². The van der Waals surface area contributed by atoms with E-state index in [4.69, 9.17) is 37.0 Å². The van der Waals surface area contributed by atoms with Crippen molar-refractivity contribution in [3.05, 3.63) is 0 Å². The minimum Gasteiger partial charge on any atom is -0.462 e. The Labute approximate surface area is 549 Å². The molecule has 0 saturated carbocycles. The van der Waals surface area contributed by atoms with Gasteiger partial charge < -0.3 is 33.8 Å². The molecule has 19 heteroatoms. The molecular formula is C71H138O17P2. The molecule has 0 aromatic rings. The Morgan fingerprint density at radius 1 is 0.311 bits per heavy atom. The molecule has 0 aromatic carbocycles. The molecule has 0 amide bonds. The number of aliphatic hydroxyl groups excluding tert-OH is 1. The lowest BCUT2D eigenvalue weighted by molar-refractivity contribution is -0.161. The average Bonchev–Trinajstić information content (AvgIpc) is 3.65. The minimum absolute atomic E-state index is 0.104. The summed E-state index contributed by atoms with van der Waals surface area (Å²) >= 11 is 0. The van der Waals surface area contributed by atoms with Gasteiger partial charge in [0.15, 0.2) is 12.2 Å². The largest absolute Gasteiger partial charge is 0.472 e. The van der Waals surface area contributed by atoms with E-state index in [0.717, 1.165) is 120 Å². The highest BCUT2D eigenvalue weighted by Gasteiger charge is 2.30. The molecule has 0 spiro atoms. The van der Waals surface area contributed by atoms with E-state index in [0.29, 0.717) is 31.6 Å². The Balaban J connectivity index is 5.21. The third kappa shape index (κ3) is 62.2. The molecule has 3 N–H and O–H groups in total. The van der Waals surface area contributed by atoms with E-state index in [9.17, 15) is 43.2 Å². The molecule has 90 heavy (non-hydrogen) atoms. The number of esters is 4. The maximum atomic E-state index is 13.0. The van der Waals surface area contributed by atoms with Crippen LogP contribution in [0.3, 0.4) is 0 Å². The van der Waals surface area contributed by atoms with Crippen LogP contribution in [0.5, 0.6) is 0 Å². The van der Waals surface area contributed by atoms with Crippen molar-refractivity contribution in [2.75, 3.05) is 39.6 Å². The maximum absolute atomic E-state index is 13.0. The Bertz CT molecular complexity index is 1790. The second-order valence-electron chi connectivity index (χ2n) is 27.1. The molecule has 0 aliphatic rings. The van der Waals surface area contributed by atoms with Crippen molar-refractivity contribution in [3.63, 3.8) is 0 Å². The summed E-state index contributed by atoms with van der Waals surface area (Å²) in [5.41, 5.74) is 0. The van der Waals surface area contributed by atoms with Crippen molar-refractivity contribution in [1.82, 2.24) is 0 Å². The van der Waals surface area contributed by atoms with Crippen LogP contribution >= 0.6 is 15.6 Å². The van der Waals surface area contributed by atoms with Crippen molar-refractivity contribution in [3.8, 4) is 0 Å². The first-order chi connectivity index (χ1) is 43.2. The third-order valence-corrected chi connectivity index (χ3v) is 18.9. The molecule has 534 valence electrons. The van der Waals surface area contributed by atoms with Gasteiger partial charge >= 0.3 is 39.5 Å². The first-order valence-corrected chi connectivity index (χ1v) is 39.8.